The van der Waals surface area contributed by atoms with Crippen molar-refractivity contribution < 1.29 is 14.8 Å². The van der Waals surface area contributed by atoms with Gasteiger partial charge in [-0.25, -0.2) is 0 Å². The molecule has 23 heavy (non-hydrogen) atoms. The van der Waals surface area contributed by atoms with Crippen LogP contribution < -0.4 is 5.32 Å². The highest BCUT2D eigenvalue weighted by Gasteiger charge is 2.21. The molecule has 1 heterocycles. The second kappa shape index (κ2) is 7.34. The highest BCUT2D eigenvalue weighted by Crippen LogP contribution is 2.28. The molecule has 2 aromatic rings. The number of amides is 1. The van der Waals surface area contributed by atoms with Crippen LogP contribution in [0.4, 0.5) is 5.69 Å². The Kier molecular flexibility index (Phi) is 5.46. The second-order valence-electron chi connectivity index (χ2n) is 5.35. The van der Waals surface area contributed by atoms with Crippen molar-refractivity contribution in [3.63, 3.8) is 0 Å². The fraction of sp³-hybridized carbons (Fsp3) is 0.312. The molecule has 2 N–H and O–H groups in total. The summed E-state index contributed by atoms with van der Waals surface area (Å²) in [5.41, 5.74) is 0.744. The maximum atomic E-state index is 12.2. The lowest BCUT2D eigenvalue weighted by Crippen LogP contribution is -2.33. The number of nitrogens with zero attached hydrogens (tertiary/aromatic N) is 1. The fourth-order valence-electron chi connectivity index (χ4n) is 2.27. The van der Waals surface area contributed by atoms with Gasteiger partial charge in [0.1, 0.15) is 0 Å². The summed E-state index contributed by atoms with van der Waals surface area (Å²) in [7, 11) is 0. The normalized spacial score (nSPS) is 13.3. The molecule has 0 spiro atoms. The van der Waals surface area contributed by atoms with E-state index in [2.05, 4.69) is 5.32 Å². The summed E-state index contributed by atoms with van der Waals surface area (Å²) in [4.78, 5) is 23.3. The zero-order chi connectivity index (χ0) is 17.0. The summed E-state index contributed by atoms with van der Waals surface area (Å²) in [5.74, 6) is -0.362. The molecule has 7 heteroatoms. The van der Waals surface area contributed by atoms with Crippen LogP contribution in [0.15, 0.2) is 36.4 Å². The number of thiophene rings is 1. The number of aliphatic hydroxyl groups excluding tert-OH is 1. The Hall–Kier alpha value is -2.25. The minimum Gasteiger partial charge on any atom is -0.388 e. The summed E-state index contributed by atoms with van der Waals surface area (Å²) >= 11 is 1.09. The Morgan fingerprint density at radius 2 is 2.04 bits per heavy atom. The van der Waals surface area contributed by atoms with Crippen LogP contribution in [0.2, 0.25) is 0 Å². The van der Waals surface area contributed by atoms with Crippen molar-refractivity contribution >= 4 is 22.9 Å². The SMILES string of the molecule is Cc1sc(C(=O)NC(C)CC(O)c2ccccc2)cc1[N+](=O)[O-]. The molecule has 0 aliphatic carbocycles. The number of aliphatic hydroxyl groups is 1. The van der Waals surface area contributed by atoms with Crippen molar-refractivity contribution in [2.75, 3.05) is 0 Å². The zero-order valence-electron chi connectivity index (χ0n) is 12.9. The summed E-state index contributed by atoms with van der Waals surface area (Å²) in [6, 6.07) is 10.2. The van der Waals surface area contributed by atoms with Crippen LogP contribution in [0.25, 0.3) is 0 Å². The minimum atomic E-state index is -0.675. The Morgan fingerprint density at radius 1 is 1.39 bits per heavy atom. The predicted octanol–water partition coefficient (Wildman–Crippen LogP) is 3.21. The summed E-state index contributed by atoms with van der Waals surface area (Å²) < 4.78 is 0. The van der Waals surface area contributed by atoms with Crippen LogP contribution in [-0.2, 0) is 0 Å². The molecule has 1 aromatic heterocycles. The minimum absolute atomic E-state index is 0.0443. The van der Waals surface area contributed by atoms with Crippen LogP contribution in [0.3, 0.4) is 0 Å². The molecule has 0 radical (unpaired) electrons. The topological polar surface area (TPSA) is 92.5 Å². The molecule has 6 nitrogen and oxygen atoms in total. The van der Waals surface area contributed by atoms with Gasteiger partial charge in [-0.05, 0) is 25.8 Å². The van der Waals surface area contributed by atoms with Crippen LogP contribution in [-0.4, -0.2) is 22.0 Å². The zero-order valence-corrected chi connectivity index (χ0v) is 13.7. The molecule has 0 aliphatic rings. The molecule has 0 fully saturated rings. The van der Waals surface area contributed by atoms with E-state index in [1.165, 1.54) is 6.07 Å². The van der Waals surface area contributed by atoms with Crippen molar-refractivity contribution in [1.82, 2.24) is 5.32 Å². The smallest absolute Gasteiger partial charge is 0.283 e. The summed E-state index contributed by atoms with van der Waals surface area (Å²) in [5, 5.41) is 23.8. The maximum Gasteiger partial charge on any atom is 0.283 e. The number of benzene rings is 1. The first-order chi connectivity index (χ1) is 10.9. The molecule has 2 unspecified atom stereocenters. The Bertz CT molecular complexity index is 699. The van der Waals surface area contributed by atoms with Gasteiger partial charge < -0.3 is 10.4 Å². The average molecular weight is 334 g/mol. The first-order valence-electron chi connectivity index (χ1n) is 7.17. The van der Waals surface area contributed by atoms with E-state index in [4.69, 9.17) is 0 Å². The Morgan fingerprint density at radius 3 is 2.61 bits per heavy atom. The third-order valence-corrected chi connectivity index (χ3v) is 4.49. The number of carbonyl (C=O) groups is 1. The molecular weight excluding hydrogens is 316 g/mol. The lowest BCUT2D eigenvalue weighted by Gasteiger charge is -2.17. The molecule has 0 bridgehead atoms. The van der Waals surface area contributed by atoms with Gasteiger partial charge in [0.05, 0.1) is 20.8 Å². The van der Waals surface area contributed by atoms with Gasteiger partial charge in [0.2, 0.25) is 0 Å². The second-order valence-corrected chi connectivity index (χ2v) is 6.60. The first kappa shape index (κ1) is 17.1. The maximum absolute atomic E-state index is 12.2. The number of nitrogens with one attached hydrogen (secondary N) is 1. The van der Waals surface area contributed by atoms with Gasteiger partial charge in [0, 0.05) is 12.1 Å². The largest absolute Gasteiger partial charge is 0.388 e. The molecule has 2 rings (SSSR count). The van der Waals surface area contributed by atoms with Crippen LogP contribution in [0, 0.1) is 17.0 Å². The van der Waals surface area contributed by atoms with Crippen molar-refractivity contribution in [3.05, 3.63) is 61.8 Å². The number of rotatable bonds is 6. The van der Waals surface area contributed by atoms with E-state index in [-0.39, 0.29) is 17.6 Å². The molecule has 2 atom stereocenters. The highest BCUT2D eigenvalue weighted by atomic mass is 32.1. The van der Waals surface area contributed by atoms with E-state index in [0.29, 0.717) is 16.2 Å². The number of aryl methyl sites for hydroxylation is 1. The quantitative estimate of drug-likeness (QED) is 0.627. The van der Waals surface area contributed by atoms with Gasteiger partial charge in [-0.2, -0.15) is 0 Å². The molecule has 1 aromatic carbocycles. The van der Waals surface area contributed by atoms with Crippen molar-refractivity contribution in [1.29, 1.82) is 0 Å². The number of nitro groups is 1. The van der Waals surface area contributed by atoms with Crippen molar-refractivity contribution in [2.24, 2.45) is 0 Å². The van der Waals surface area contributed by atoms with Gasteiger partial charge in [-0.3, -0.25) is 14.9 Å². The van der Waals surface area contributed by atoms with Gasteiger partial charge in [-0.15, -0.1) is 11.3 Å². The predicted molar refractivity (Wildman–Crippen MR) is 88.7 cm³/mol. The van der Waals surface area contributed by atoms with E-state index in [9.17, 15) is 20.0 Å². The van der Waals surface area contributed by atoms with Crippen LogP contribution in [0.1, 0.15) is 39.6 Å². The monoisotopic (exact) mass is 334 g/mol. The highest BCUT2D eigenvalue weighted by molar-refractivity contribution is 7.14. The molecule has 0 saturated heterocycles. The fourth-order valence-corrected chi connectivity index (χ4v) is 3.16. The van der Waals surface area contributed by atoms with Crippen LogP contribution in [0.5, 0.6) is 0 Å². The lowest BCUT2D eigenvalue weighted by molar-refractivity contribution is -0.385. The Balaban J connectivity index is 1.97. The van der Waals surface area contributed by atoms with Crippen molar-refractivity contribution in [3.8, 4) is 0 Å². The molecular formula is C16H18N2O4S. The van der Waals surface area contributed by atoms with Gasteiger partial charge in [0.15, 0.2) is 0 Å². The third-order valence-electron chi connectivity index (χ3n) is 3.45. The average Bonchev–Trinajstić information content (AvgIpc) is 2.90. The number of carbonyl (C=O) groups excluding carboxylic acids is 1. The van der Waals surface area contributed by atoms with Gasteiger partial charge >= 0.3 is 0 Å². The van der Waals surface area contributed by atoms with Crippen molar-refractivity contribution in [2.45, 2.75) is 32.4 Å². The summed E-state index contributed by atoms with van der Waals surface area (Å²) in [6.07, 6.45) is -0.312. The summed E-state index contributed by atoms with van der Waals surface area (Å²) in [6.45, 7) is 3.40. The van der Waals surface area contributed by atoms with E-state index < -0.39 is 11.0 Å². The molecule has 122 valence electrons. The molecule has 0 saturated carbocycles. The van der Waals surface area contributed by atoms with E-state index in [0.717, 1.165) is 16.9 Å². The first-order valence-corrected chi connectivity index (χ1v) is 7.99. The lowest BCUT2D eigenvalue weighted by atomic mass is 10.0. The standard InChI is InChI=1S/C16H18N2O4S/c1-10(8-14(19)12-6-4-3-5-7-12)17-16(20)15-9-13(18(21)22)11(2)23-15/h3-7,9-10,14,19H,8H2,1-2H3,(H,17,20). The molecule has 1 amide bonds. The number of hydrogen-bond acceptors (Lipinski definition) is 5. The van der Waals surface area contributed by atoms with E-state index >= 15 is 0 Å². The number of hydrogen-bond donors (Lipinski definition) is 2. The van der Waals surface area contributed by atoms with Gasteiger partial charge in [0.25, 0.3) is 11.6 Å². The molecule has 0 aliphatic heterocycles. The van der Waals surface area contributed by atoms with Crippen LogP contribution >= 0.6 is 11.3 Å². The van der Waals surface area contributed by atoms with E-state index in [1.807, 2.05) is 30.3 Å². The Labute approximate surface area is 137 Å². The van der Waals surface area contributed by atoms with E-state index in [1.54, 1.807) is 13.8 Å². The third kappa shape index (κ3) is 4.37. The van der Waals surface area contributed by atoms with Gasteiger partial charge in [-0.1, -0.05) is 30.3 Å².